The van der Waals surface area contributed by atoms with Crippen molar-refractivity contribution >= 4 is 17.5 Å². The normalized spacial score (nSPS) is 14.2. The number of alkyl halides is 1. The molecule has 1 amide bonds. The van der Waals surface area contributed by atoms with E-state index in [-0.39, 0.29) is 11.7 Å². The Bertz CT molecular complexity index is 358. The summed E-state index contributed by atoms with van der Waals surface area (Å²) in [5.41, 5.74) is 0.124. The van der Waals surface area contributed by atoms with E-state index in [0.717, 1.165) is 6.42 Å². The van der Waals surface area contributed by atoms with Crippen LogP contribution in [-0.2, 0) is 0 Å². The molecule has 88 valence electrons. The predicted molar refractivity (Wildman–Crippen MR) is 65.0 cm³/mol. The lowest BCUT2D eigenvalue weighted by atomic mass is 10.0. The molecule has 0 aliphatic carbocycles. The Morgan fingerprint density at radius 1 is 1.44 bits per heavy atom. The molecule has 0 spiro atoms. The SMILES string of the molecule is CCC(C)(CCl)NC(=O)c1ccc(O)cc1. The number of phenols is 1. The van der Waals surface area contributed by atoms with E-state index in [1.165, 1.54) is 12.1 Å². The van der Waals surface area contributed by atoms with Crippen molar-refractivity contribution in [1.29, 1.82) is 0 Å². The largest absolute Gasteiger partial charge is 0.508 e. The van der Waals surface area contributed by atoms with Crippen LogP contribution in [0.1, 0.15) is 30.6 Å². The van der Waals surface area contributed by atoms with Crippen molar-refractivity contribution in [2.45, 2.75) is 25.8 Å². The van der Waals surface area contributed by atoms with E-state index in [2.05, 4.69) is 5.32 Å². The summed E-state index contributed by atoms with van der Waals surface area (Å²) in [7, 11) is 0. The van der Waals surface area contributed by atoms with Gasteiger partial charge in [0.05, 0.1) is 5.54 Å². The lowest BCUT2D eigenvalue weighted by Crippen LogP contribution is -2.47. The molecular formula is C12H16ClNO2. The number of nitrogens with one attached hydrogen (secondary N) is 1. The molecular weight excluding hydrogens is 226 g/mol. The van der Waals surface area contributed by atoms with Crippen LogP contribution < -0.4 is 5.32 Å². The Labute approximate surface area is 100 Å². The lowest BCUT2D eigenvalue weighted by molar-refractivity contribution is 0.0912. The minimum absolute atomic E-state index is 0.146. The average Bonchev–Trinajstić information content (AvgIpc) is 2.29. The Kier molecular flexibility index (Phi) is 4.19. The van der Waals surface area contributed by atoms with Crippen LogP contribution in [0.3, 0.4) is 0 Å². The molecule has 16 heavy (non-hydrogen) atoms. The number of phenolic OH excluding ortho intramolecular Hbond substituents is 1. The Morgan fingerprint density at radius 2 is 2.00 bits per heavy atom. The second-order valence-electron chi connectivity index (χ2n) is 4.05. The van der Waals surface area contributed by atoms with Crippen LogP contribution in [0.4, 0.5) is 0 Å². The minimum Gasteiger partial charge on any atom is -0.508 e. The van der Waals surface area contributed by atoms with E-state index >= 15 is 0 Å². The number of hydrogen-bond donors (Lipinski definition) is 2. The number of halogens is 1. The first-order chi connectivity index (χ1) is 7.50. The van der Waals surface area contributed by atoms with Crippen molar-refractivity contribution in [2.24, 2.45) is 0 Å². The van der Waals surface area contributed by atoms with Crippen LogP contribution in [0, 0.1) is 0 Å². The topological polar surface area (TPSA) is 49.3 Å². The van der Waals surface area contributed by atoms with Crippen molar-refractivity contribution < 1.29 is 9.90 Å². The van der Waals surface area contributed by atoms with Gasteiger partial charge >= 0.3 is 0 Å². The highest BCUT2D eigenvalue weighted by Gasteiger charge is 2.23. The molecule has 1 rings (SSSR count). The molecule has 0 aliphatic heterocycles. The van der Waals surface area contributed by atoms with Crippen LogP contribution in [0.15, 0.2) is 24.3 Å². The zero-order chi connectivity index (χ0) is 12.2. The monoisotopic (exact) mass is 241 g/mol. The molecule has 1 aromatic carbocycles. The Morgan fingerprint density at radius 3 is 2.44 bits per heavy atom. The van der Waals surface area contributed by atoms with Crippen LogP contribution in [-0.4, -0.2) is 22.4 Å². The van der Waals surface area contributed by atoms with E-state index in [9.17, 15) is 4.79 Å². The first-order valence-electron chi connectivity index (χ1n) is 5.18. The van der Waals surface area contributed by atoms with Crippen LogP contribution in [0.5, 0.6) is 5.75 Å². The van der Waals surface area contributed by atoms with E-state index in [1.807, 2.05) is 13.8 Å². The van der Waals surface area contributed by atoms with Crippen molar-refractivity contribution in [3.8, 4) is 5.75 Å². The third-order valence-corrected chi connectivity index (χ3v) is 3.21. The van der Waals surface area contributed by atoms with Crippen LogP contribution in [0.25, 0.3) is 0 Å². The third-order valence-electron chi connectivity index (χ3n) is 2.62. The molecule has 3 nitrogen and oxygen atoms in total. The summed E-state index contributed by atoms with van der Waals surface area (Å²) in [5.74, 6) is 0.338. The van der Waals surface area contributed by atoms with Gasteiger partial charge in [-0.2, -0.15) is 0 Å². The van der Waals surface area contributed by atoms with Gasteiger partial charge in [-0.25, -0.2) is 0 Å². The first-order valence-corrected chi connectivity index (χ1v) is 5.72. The van der Waals surface area contributed by atoms with Gasteiger partial charge in [0.2, 0.25) is 0 Å². The highest BCUT2D eigenvalue weighted by Crippen LogP contribution is 2.14. The molecule has 0 radical (unpaired) electrons. The van der Waals surface area contributed by atoms with Gasteiger partial charge in [-0.05, 0) is 37.6 Å². The van der Waals surface area contributed by atoms with Crippen molar-refractivity contribution in [2.75, 3.05) is 5.88 Å². The third kappa shape index (κ3) is 3.14. The highest BCUT2D eigenvalue weighted by atomic mass is 35.5. The van der Waals surface area contributed by atoms with Gasteiger partial charge in [-0.3, -0.25) is 4.79 Å². The summed E-state index contributed by atoms with van der Waals surface area (Å²) in [6.07, 6.45) is 0.764. The van der Waals surface area contributed by atoms with Crippen LogP contribution in [0.2, 0.25) is 0 Å². The summed E-state index contributed by atoms with van der Waals surface area (Å²) in [5, 5.41) is 12.0. The van der Waals surface area contributed by atoms with Crippen LogP contribution >= 0.6 is 11.6 Å². The molecule has 0 fully saturated rings. The molecule has 0 saturated carbocycles. The van der Waals surface area contributed by atoms with Gasteiger partial charge in [0.15, 0.2) is 0 Å². The summed E-state index contributed by atoms with van der Waals surface area (Å²) in [6.45, 7) is 3.87. The van der Waals surface area contributed by atoms with E-state index in [4.69, 9.17) is 16.7 Å². The second-order valence-corrected chi connectivity index (χ2v) is 4.32. The predicted octanol–water partition coefficient (Wildman–Crippen LogP) is 2.53. The molecule has 1 atom stereocenters. The van der Waals surface area contributed by atoms with Gasteiger partial charge in [0.25, 0.3) is 5.91 Å². The molecule has 2 N–H and O–H groups in total. The molecule has 0 bridgehead atoms. The average molecular weight is 242 g/mol. The van der Waals surface area contributed by atoms with Gasteiger partial charge in [0, 0.05) is 11.4 Å². The number of amides is 1. The molecule has 0 heterocycles. The fourth-order valence-electron chi connectivity index (χ4n) is 1.18. The number of carbonyl (C=O) groups is 1. The number of rotatable bonds is 4. The Balaban J connectivity index is 2.76. The smallest absolute Gasteiger partial charge is 0.251 e. The van der Waals surface area contributed by atoms with Gasteiger partial charge in [0.1, 0.15) is 5.75 Å². The van der Waals surface area contributed by atoms with Crippen molar-refractivity contribution in [1.82, 2.24) is 5.32 Å². The molecule has 0 saturated heterocycles. The van der Waals surface area contributed by atoms with Gasteiger partial charge in [-0.15, -0.1) is 11.6 Å². The number of carbonyl (C=O) groups excluding carboxylic acids is 1. The maximum absolute atomic E-state index is 11.8. The fourth-order valence-corrected chi connectivity index (χ4v) is 1.43. The molecule has 1 aromatic rings. The number of hydrogen-bond acceptors (Lipinski definition) is 2. The zero-order valence-corrected chi connectivity index (χ0v) is 10.2. The quantitative estimate of drug-likeness (QED) is 0.796. The summed E-state index contributed by atoms with van der Waals surface area (Å²) in [6, 6.07) is 6.13. The minimum atomic E-state index is -0.392. The highest BCUT2D eigenvalue weighted by molar-refractivity contribution is 6.18. The molecule has 4 heteroatoms. The summed E-state index contributed by atoms with van der Waals surface area (Å²) >= 11 is 5.81. The van der Waals surface area contributed by atoms with E-state index < -0.39 is 5.54 Å². The first kappa shape index (κ1) is 12.8. The zero-order valence-electron chi connectivity index (χ0n) is 9.46. The van der Waals surface area contributed by atoms with E-state index in [1.54, 1.807) is 12.1 Å². The molecule has 1 unspecified atom stereocenters. The second kappa shape index (κ2) is 5.21. The fraction of sp³-hybridized carbons (Fsp3) is 0.417. The Hall–Kier alpha value is -1.22. The van der Waals surface area contributed by atoms with E-state index in [0.29, 0.717) is 11.4 Å². The molecule has 0 aliphatic rings. The summed E-state index contributed by atoms with van der Waals surface area (Å²) < 4.78 is 0. The maximum Gasteiger partial charge on any atom is 0.251 e. The molecule has 0 aromatic heterocycles. The maximum atomic E-state index is 11.8. The lowest BCUT2D eigenvalue weighted by Gasteiger charge is -2.27. The van der Waals surface area contributed by atoms with Crippen molar-refractivity contribution in [3.63, 3.8) is 0 Å². The summed E-state index contributed by atoms with van der Waals surface area (Å²) in [4.78, 5) is 11.8. The van der Waals surface area contributed by atoms with Gasteiger partial charge < -0.3 is 10.4 Å². The van der Waals surface area contributed by atoms with Gasteiger partial charge in [-0.1, -0.05) is 6.92 Å². The van der Waals surface area contributed by atoms with Crippen molar-refractivity contribution in [3.05, 3.63) is 29.8 Å². The number of aromatic hydroxyl groups is 1. The standard InChI is InChI=1S/C12H16ClNO2/c1-3-12(2,8-13)14-11(16)9-4-6-10(15)7-5-9/h4-7,15H,3,8H2,1-2H3,(H,14,16). The number of benzene rings is 1.